The molecule has 0 aromatic heterocycles. The van der Waals surface area contributed by atoms with Crippen molar-refractivity contribution in [2.24, 2.45) is 0 Å². The second-order valence-corrected chi connectivity index (χ2v) is 4.35. The third-order valence-electron chi connectivity index (χ3n) is 2.25. The molecule has 0 unspecified atom stereocenters. The first-order valence-corrected chi connectivity index (χ1v) is 6.09. The predicted octanol–water partition coefficient (Wildman–Crippen LogP) is 2.58. The van der Waals surface area contributed by atoms with Crippen LogP contribution in [0.3, 0.4) is 0 Å². The van der Waals surface area contributed by atoms with E-state index in [0.29, 0.717) is 0 Å². The van der Waals surface area contributed by atoms with Crippen LogP contribution in [0.5, 0.6) is 5.75 Å². The molecule has 0 spiro atoms. The van der Waals surface area contributed by atoms with Crippen LogP contribution in [-0.4, -0.2) is 27.4 Å². The van der Waals surface area contributed by atoms with Gasteiger partial charge in [0.2, 0.25) is 0 Å². The third-order valence-corrected chi connectivity index (χ3v) is 2.87. The van der Waals surface area contributed by atoms with E-state index in [9.17, 15) is 0 Å². The molecule has 4 heteroatoms. The highest BCUT2D eigenvalue weighted by atomic mass is 79.9. The minimum Gasteiger partial charge on any atom is -0.496 e. The van der Waals surface area contributed by atoms with Gasteiger partial charge in [-0.15, -0.1) is 0 Å². The molecule has 0 bridgehead atoms. The van der Waals surface area contributed by atoms with Gasteiger partial charge in [0.15, 0.2) is 0 Å². The molecule has 0 aliphatic carbocycles. The van der Waals surface area contributed by atoms with Crippen molar-refractivity contribution in [3.8, 4) is 5.75 Å². The SMILES string of the molecule is COCCCNCc1ccc(OC)c(Br)c1. The molecule has 90 valence electrons. The molecule has 1 N–H and O–H groups in total. The van der Waals surface area contributed by atoms with Crippen molar-refractivity contribution in [3.05, 3.63) is 28.2 Å². The van der Waals surface area contributed by atoms with Gasteiger partial charge in [0.25, 0.3) is 0 Å². The van der Waals surface area contributed by atoms with E-state index in [4.69, 9.17) is 9.47 Å². The number of ether oxygens (including phenoxy) is 2. The van der Waals surface area contributed by atoms with E-state index in [1.807, 2.05) is 6.07 Å². The van der Waals surface area contributed by atoms with Crippen LogP contribution >= 0.6 is 15.9 Å². The average Bonchev–Trinajstić information content (AvgIpc) is 2.29. The second-order valence-electron chi connectivity index (χ2n) is 3.49. The minimum absolute atomic E-state index is 0.805. The summed E-state index contributed by atoms with van der Waals surface area (Å²) in [7, 11) is 3.39. The highest BCUT2D eigenvalue weighted by Gasteiger charge is 2.00. The highest BCUT2D eigenvalue weighted by molar-refractivity contribution is 9.10. The van der Waals surface area contributed by atoms with Crippen molar-refractivity contribution >= 4 is 15.9 Å². The number of hydrogen-bond acceptors (Lipinski definition) is 3. The maximum absolute atomic E-state index is 5.17. The molecule has 3 nitrogen and oxygen atoms in total. The molecule has 16 heavy (non-hydrogen) atoms. The van der Waals surface area contributed by atoms with Crippen LogP contribution in [0.25, 0.3) is 0 Å². The first-order chi connectivity index (χ1) is 7.77. The van der Waals surface area contributed by atoms with Crippen LogP contribution in [0.4, 0.5) is 0 Å². The van der Waals surface area contributed by atoms with Crippen molar-refractivity contribution in [2.75, 3.05) is 27.4 Å². The van der Waals surface area contributed by atoms with Gasteiger partial charge < -0.3 is 14.8 Å². The van der Waals surface area contributed by atoms with Crippen molar-refractivity contribution in [1.29, 1.82) is 0 Å². The van der Waals surface area contributed by atoms with Gasteiger partial charge in [-0.25, -0.2) is 0 Å². The molecule has 0 saturated carbocycles. The lowest BCUT2D eigenvalue weighted by Gasteiger charge is -2.07. The molecular formula is C12H18BrNO2. The van der Waals surface area contributed by atoms with E-state index in [2.05, 4.69) is 33.4 Å². The maximum Gasteiger partial charge on any atom is 0.133 e. The Morgan fingerprint density at radius 3 is 2.75 bits per heavy atom. The fraction of sp³-hybridized carbons (Fsp3) is 0.500. The van der Waals surface area contributed by atoms with Crippen molar-refractivity contribution < 1.29 is 9.47 Å². The Kier molecular flexibility index (Phi) is 6.45. The lowest BCUT2D eigenvalue weighted by Crippen LogP contribution is -2.16. The molecule has 0 aliphatic heterocycles. The summed E-state index contributed by atoms with van der Waals surface area (Å²) >= 11 is 3.47. The number of halogens is 1. The minimum atomic E-state index is 0.805. The van der Waals surface area contributed by atoms with Crippen LogP contribution in [0.2, 0.25) is 0 Å². The van der Waals surface area contributed by atoms with Gasteiger partial charge >= 0.3 is 0 Å². The Balaban J connectivity index is 2.34. The van der Waals surface area contributed by atoms with Crippen molar-refractivity contribution in [1.82, 2.24) is 5.32 Å². The summed E-state index contributed by atoms with van der Waals surface area (Å²) in [4.78, 5) is 0. The summed E-state index contributed by atoms with van der Waals surface area (Å²) in [6.45, 7) is 2.64. The topological polar surface area (TPSA) is 30.5 Å². The fourth-order valence-corrected chi connectivity index (χ4v) is 1.98. The number of rotatable bonds is 7. The number of methoxy groups -OCH3 is 2. The fourth-order valence-electron chi connectivity index (χ4n) is 1.39. The molecular weight excluding hydrogens is 270 g/mol. The summed E-state index contributed by atoms with van der Waals surface area (Å²) < 4.78 is 11.1. The molecule has 0 fully saturated rings. The summed E-state index contributed by atoms with van der Waals surface area (Å²) in [5.74, 6) is 0.864. The van der Waals surface area contributed by atoms with E-state index in [1.165, 1.54) is 5.56 Å². The van der Waals surface area contributed by atoms with Crippen LogP contribution < -0.4 is 10.1 Å². The third kappa shape index (κ3) is 4.51. The van der Waals surface area contributed by atoms with Gasteiger partial charge in [0, 0.05) is 20.3 Å². The van der Waals surface area contributed by atoms with Gasteiger partial charge in [-0.3, -0.25) is 0 Å². The van der Waals surface area contributed by atoms with Crippen molar-refractivity contribution in [2.45, 2.75) is 13.0 Å². The number of benzene rings is 1. The summed E-state index contributed by atoms with van der Waals surface area (Å²) in [5.41, 5.74) is 1.24. The molecule has 1 rings (SSSR count). The van der Waals surface area contributed by atoms with E-state index >= 15 is 0 Å². The van der Waals surface area contributed by atoms with Gasteiger partial charge in [0.05, 0.1) is 11.6 Å². The normalized spacial score (nSPS) is 10.4. The van der Waals surface area contributed by atoms with E-state index in [-0.39, 0.29) is 0 Å². The van der Waals surface area contributed by atoms with Crippen LogP contribution in [0.15, 0.2) is 22.7 Å². The van der Waals surface area contributed by atoms with Gasteiger partial charge in [0.1, 0.15) is 5.75 Å². The van der Waals surface area contributed by atoms with Crippen LogP contribution in [-0.2, 0) is 11.3 Å². The lowest BCUT2D eigenvalue weighted by molar-refractivity contribution is 0.194. The monoisotopic (exact) mass is 287 g/mol. The molecule has 1 aromatic carbocycles. The number of nitrogens with one attached hydrogen (secondary N) is 1. The molecule has 0 aliphatic rings. The van der Waals surface area contributed by atoms with E-state index < -0.39 is 0 Å². The van der Waals surface area contributed by atoms with Gasteiger partial charge in [-0.1, -0.05) is 6.07 Å². The van der Waals surface area contributed by atoms with Crippen LogP contribution in [0, 0.1) is 0 Å². The largest absolute Gasteiger partial charge is 0.496 e. The second kappa shape index (κ2) is 7.65. The predicted molar refractivity (Wildman–Crippen MR) is 68.9 cm³/mol. The number of hydrogen-bond donors (Lipinski definition) is 1. The maximum atomic E-state index is 5.17. The Labute approximate surface area is 105 Å². The first kappa shape index (κ1) is 13.5. The van der Waals surface area contributed by atoms with Gasteiger partial charge in [-0.2, -0.15) is 0 Å². The standard InChI is InChI=1S/C12H18BrNO2/c1-15-7-3-6-14-9-10-4-5-12(16-2)11(13)8-10/h4-5,8,14H,3,6-7,9H2,1-2H3. The smallest absolute Gasteiger partial charge is 0.133 e. The molecule has 1 aromatic rings. The summed E-state index contributed by atoms with van der Waals surface area (Å²) in [6.07, 6.45) is 1.04. The molecule has 0 atom stereocenters. The zero-order chi connectivity index (χ0) is 11.8. The Morgan fingerprint density at radius 2 is 2.12 bits per heavy atom. The Hall–Kier alpha value is -0.580. The zero-order valence-corrected chi connectivity index (χ0v) is 11.3. The lowest BCUT2D eigenvalue weighted by atomic mass is 10.2. The molecule has 0 amide bonds. The highest BCUT2D eigenvalue weighted by Crippen LogP contribution is 2.25. The Bertz CT molecular complexity index is 318. The first-order valence-electron chi connectivity index (χ1n) is 5.30. The quantitative estimate of drug-likeness (QED) is 0.782. The van der Waals surface area contributed by atoms with Gasteiger partial charge in [-0.05, 0) is 46.6 Å². The average molecular weight is 288 g/mol. The zero-order valence-electron chi connectivity index (χ0n) is 9.75. The molecule has 0 saturated heterocycles. The van der Waals surface area contributed by atoms with Crippen LogP contribution in [0.1, 0.15) is 12.0 Å². The summed E-state index contributed by atoms with van der Waals surface area (Å²) in [6, 6.07) is 6.10. The van der Waals surface area contributed by atoms with E-state index in [0.717, 1.165) is 36.3 Å². The Morgan fingerprint density at radius 1 is 1.31 bits per heavy atom. The van der Waals surface area contributed by atoms with Crippen molar-refractivity contribution in [3.63, 3.8) is 0 Å². The van der Waals surface area contributed by atoms with E-state index in [1.54, 1.807) is 14.2 Å². The summed E-state index contributed by atoms with van der Waals surface area (Å²) in [5, 5.41) is 3.36. The molecule has 0 heterocycles. The molecule has 0 radical (unpaired) electrons.